The summed E-state index contributed by atoms with van der Waals surface area (Å²) in [5.74, 6) is 0.732. The Morgan fingerprint density at radius 3 is 2.27 bits per heavy atom. The van der Waals surface area contributed by atoms with Gasteiger partial charge in [-0.15, -0.1) is 0 Å². The Bertz CT molecular complexity index is 669. The maximum Gasteiger partial charge on any atom is 0.233 e. The third-order valence-corrected chi connectivity index (χ3v) is 4.20. The summed E-state index contributed by atoms with van der Waals surface area (Å²) in [7, 11) is -2.12. The molecule has 0 radical (unpaired) electrons. The molecule has 0 amide bonds. The maximum atomic E-state index is 11.5. The van der Waals surface area contributed by atoms with Crippen molar-refractivity contribution in [1.82, 2.24) is 4.89 Å². The van der Waals surface area contributed by atoms with Crippen molar-refractivity contribution in [1.29, 1.82) is 0 Å². The number of sulfonamides is 1. The lowest BCUT2D eigenvalue weighted by atomic mass is 10.2. The van der Waals surface area contributed by atoms with Crippen LogP contribution < -0.4 is 9.62 Å². The van der Waals surface area contributed by atoms with Gasteiger partial charge in [0, 0.05) is 0 Å². The van der Waals surface area contributed by atoms with Gasteiger partial charge in [0.15, 0.2) is 0 Å². The maximum absolute atomic E-state index is 11.5. The molecule has 6 heteroatoms. The van der Waals surface area contributed by atoms with E-state index in [0.717, 1.165) is 16.9 Å². The van der Waals surface area contributed by atoms with E-state index < -0.39 is 10.0 Å². The first-order valence-corrected chi connectivity index (χ1v) is 8.52. The number of aryl methyl sites for hydroxylation is 1. The molecule has 0 heterocycles. The quantitative estimate of drug-likeness (QED) is 0.758. The lowest BCUT2D eigenvalue weighted by Gasteiger charge is -2.08. The van der Waals surface area contributed by atoms with Gasteiger partial charge >= 0.3 is 0 Å². The SMILES string of the molecule is CONS(=O)(=O)CCc1ccc(OCc2ccccc2)cc1. The minimum Gasteiger partial charge on any atom is -0.489 e. The summed E-state index contributed by atoms with van der Waals surface area (Å²) in [5.41, 5.74) is 2.02. The van der Waals surface area contributed by atoms with Crippen LogP contribution in [-0.2, 0) is 27.9 Å². The summed E-state index contributed by atoms with van der Waals surface area (Å²) in [6, 6.07) is 17.3. The van der Waals surface area contributed by atoms with Crippen LogP contribution in [0, 0.1) is 0 Å². The number of nitrogens with one attached hydrogen (secondary N) is 1. The van der Waals surface area contributed by atoms with Crippen molar-refractivity contribution in [3.8, 4) is 5.75 Å². The van der Waals surface area contributed by atoms with E-state index in [2.05, 4.69) is 4.84 Å². The summed E-state index contributed by atoms with van der Waals surface area (Å²) in [5, 5.41) is 0. The molecule has 0 aliphatic heterocycles. The van der Waals surface area contributed by atoms with Gasteiger partial charge in [0.2, 0.25) is 10.0 Å². The Morgan fingerprint density at radius 1 is 0.955 bits per heavy atom. The molecule has 0 unspecified atom stereocenters. The normalized spacial score (nSPS) is 11.3. The largest absolute Gasteiger partial charge is 0.489 e. The summed E-state index contributed by atoms with van der Waals surface area (Å²) in [6.07, 6.45) is 0.414. The third kappa shape index (κ3) is 5.48. The number of benzene rings is 2. The van der Waals surface area contributed by atoms with Crippen LogP contribution in [0.1, 0.15) is 11.1 Å². The highest BCUT2D eigenvalue weighted by molar-refractivity contribution is 7.89. The number of hydrogen-bond donors (Lipinski definition) is 1. The Balaban J connectivity index is 1.85. The third-order valence-electron chi connectivity index (χ3n) is 3.04. The van der Waals surface area contributed by atoms with Gasteiger partial charge in [-0.05, 0) is 29.7 Å². The molecule has 1 N–H and O–H groups in total. The fraction of sp³-hybridized carbons (Fsp3) is 0.250. The van der Waals surface area contributed by atoms with Gasteiger partial charge in [-0.1, -0.05) is 47.3 Å². The molecule has 0 aromatic heterocycles. The summed E-state index contributed by atoms with van der Waals surface area (Å²) < 4.78 is 28.6. The minimum atomic E-state index is -3.39. The summed E-state index contributed by atoms with van der Waals surface area (Å²) >= 11 is 0. The van der Waals surface area contributed by atoms with Gasteiger partial charge in [-0.2, -0.15) is 0 Å². The molecule has 5 nitrogen and oxygen atoms in total. The van der Waals surface area contributed by atoms with Crippen LogP contribution in [0.15, 0.2) is 54.6 Å². The van der Waals surface area contributed by atoms with E-state index in [1.807, 2.05) is 59.5 Å². The molecule has 2 aromatic carbocycles. The molecule has 22 heavy (non-hydrogen) atoms. The van der Waals surface area contributed by atoms with Gasteiger partial charge in [0.25, 0.3) is 0 Å². The zero-order chi connectivity index (χ0) is 15.8. The van der Waals surface area contributed by atoms with Crippen LogP contribution in [0.5, 0.6) is 5.75 Å². The lowest BCUT2D eigenvalue weighted by Crippen LogP contribution is -2.26. The van der Waals surface area contributed by atoms with Crippen LogP contribution in [0.3, 0.4) is 0 Å². The number of rotatable bonds is 8. The molecule has 0 fully saturated rings. The molecule has 0 saturated carbocycles. The first-order chi connectivity index (χ1) is 10.6. The molecular weight excluding hydrogens is 302 g/mol. The Kier molecular flexibility index (Phi) is 5.94. The minimum absolute atomic E-state index is 0.0228. The Morgan fingerprint density at radius 2 is 1.64 bits per heavy atom. The predicted molar refractivity (Wildman–Crippen MR) is 84.9 cm³/mol. The van der Waals surface area contributed by atoms with Crippen molar-refractivity contribution in [3.05, 3.63) is 65.7 Å². The molecule has 0 aliphatic carbocycles. The second-order valence-electron chi connectivity index (χ2n) is 4.77. The van der Waals surface area contributed by atoms with E-state index in [1.54, 1.807) is 0 Å². The Hall–Kier alpha value is -1.89. The first-order valence-electron chi connectivity index (χ1n) is 6.87. The van der Waals surface area contributed by atoms with Crippen molar-refractivity contribution < 1.29 is 18.0 Å². The van der Waals surface area contributed by atoms with E-state index in [1.165, 1.54) is 7.11 Å². The fourth-order valence-corrected chi connectivity index (χ4v) is 2.76. The topological polar surface area (TPSA) is 64.6 Å². The van der Waals surface area contributed by atoms with Crippen LogP contribution in [0.25, 0.3) is 0 Å². The molecule has 0 spiro atoms. The van der Waals surface area contributed by atoms with Crippen LogP contribution in [0.4, 0.5) is 0 Å². The van der Waals surface area contributed by atoms with Gasteiger partial charge < -0.3 is 4.74 Å². The van der Waals surface area contributed by atoms with Crippen molar-refractivity contribution >= 4 is 10.0 Å². The molecule has 2 aromatic rings. The van der Waals surface area contributed by atoms with Crippen molar-refractivity contribution in [3.63, 3.8) is 0 Å². The summed E-state index contributed by atoms with van der Waals surface area (Å²) in [6.45, 7) is 0.506. The number of hydrogen-bond acceptors (Lipinski definition) is 4. The zero-order valence-electron chi connectivity index (χ0n) is 12.4. The van der Waals surface area contributed by atoms with E-state index in [4.69, 9.17) is 4.74 Å². The highest BCUT2D eigenvalue weighted by Crippen LogP contribution is 2.15. The first kappa shape index (κ1) is 16.5. The standard InChI is InChI=1S/C16H19NO4S/c1-20-17-22(18,19)12-11-14-7-9-16(10-8-14)21-13-15-5-3-2-4-6-15/h2-10,17H,11-13H2,1H3. The average molecular weight is 321 g/mol. The second kappa shape index (κ2) is 7.93. The van der Waals surface area contributed by atoms with Crippen LogP contribution >= 0.6 is 0 Å². The second-order valence-corrected chi connectivity index (χ2v) is 6.58. The van der Waals surface area contributed by atoms with Gasteiger partial charge in [0.05, 0.1) is 12.9 Å². The fourth-order valence-electron chi connectivity index (χ4n) is 1.91. The van der Waals surface area contributed by atoms with Crippen molar-refractivity contribution in [2.75, 3.05) is 12.9 Å². The highest BCUT2D eigenvalue weighted by Gasteiger charge is 2.09. The molecule has 0 saturated heterocycles. The zero-order valence-corrected chi connectivity index (χ0v) is 13.2. The van der Waals surface area contributed by atoms with E-state index in [9.17, 15) is 8.42 Å². The predicted octanol–water partition coefficient (Wildman–Crippen LogP) is 2.29. The molecule has 0 atom stereocenters. The molecule has 2 rings (SSSR count). The monoisotopic (exact) mass is 321 g/mol. The van der Waals surface area contributed by atoms with Crippen molar-refractivity contribution in [2.24, 2.45) is 0 Å². The molecule has 0 bridgehead atoms. The molecular formula is C16H19NO4S. The highest BCUT2D eigenvalue weighted by atomic mass is 32.2. The average Bonchev–Trinajstić information content (AvgIpc) is 2.53. The van der Waals surface area contributed by atoms with Gasteiger partial charge in [-0.3, -0.25) is 4.84 Å². The Labute approximate surface area is 130 Å². The molecule has 0 aliphatic rings. The van der Waals surface area contributed by atoms with E-state index in [-0.39, 0.29) is 5.75 Å². The number of ether oxygens (including phenoxy) is 1. The van der Waals surface area contributed by atoms with E-state index in [0.29, 0.717) is 13.0 Å². The van der Waals surface area contributed by atoms with E-state index >= 15 is 0 Å². The summed E-state index contributed by atoms with van der Waals surface area (Å²) in [4.78, 5) is 6.42. The van der Waals surface area contributed by atoms with Crippen molar-refractivity contribution in [2.45, 2.75) is 13.0 Å². The van der Waals surface area contributed by atoms with Crippen LogP contribution in [-0.4, -0.2) is 21.3 Å². The van der Waals surface area contributed by atoms with Gasteiger partial charge in [0.1, 0.15) is 12.4 Å². The molecule has 118 valence electrons. The lowest BCUT2D eigenvalue weighted by molar-refractivity contribution is 0.153. The smallest absolute Gasteiger partial charge is 0.233 e. The van der Waals surface area contributed by atoms with Crippen LogP contribution in [0.2, 0.25) is 0 Å². The van der Waals surface area contributed by atoms with Gasteiger partial charge in [-0.25, -0.2) is 8.42 Å².